The van der Waals surface area contributed by atoms with Crippen LogP contribution >= 0.6 is 0 Å². The number of anilines is 1. The van der Waals surface area contributed by atoms with Crippen LogP contribution in [0.4, 0.5) is 5.69 Å². The average molecular weight is 320 g/mol. The van der Waals surface area contributed by atoms with Crippen molar-refractivity contribution in [3.63, 3.8) is 0 Å². The minimum absolute atomic E-state index is 0.0190. The smallest absolute Gasteiger partial charge is 0.267 e. The largest absolute Gasteiger partial charge is 0.386 e. The normalized spacial score (nSPS) is 10.8. The van der Waals surface area contributed by atoms with Crippen LogP contribution in [-0.2, 0) is 17.9 Å². The second-order valence-corrected chi connectivity index (χ2v) is 5.39. The molecule has 0 aliphatic carbocycles. The maximum Gasteiger partial charge on any atom is 0.267 e. The Morgan fingerprint density at radius 2 is 1.92 bits per heavy atom. The lowest BCUT2D eigenvalue weighted by atomic mass is 10.1. The van der Waals surface area contributed by atoms with Gasteiger partial charge < -0.3 is 16.4 Å². The van der Waals surface area contributed by atoms with Crippen molar-refractivity contribution in [3.8, 4) is 6.07 Å². The molecule has 4 N–H and O–H groups in total. The van der Waals surface area contributed by atoms with Gasteiger partial charge in [-0.1, -0.05) is 42.0 Å². The van der Waals surface area contributed by atoms with E-state index in [-0.39, 0.29) is 5.57 Å². The second kappa shape index (κ2) is 8.51. The molecule has 2 aromatic carbocycles. The van der Waals surface area contributed by atoms with E-state index in [1.807, 2.05) is 49.4 Å². The molecule has 1 amide bonds. The molecular weight excluding hydrogens is 300 g/mol. The van der Waals surface area contributed by atoms with E-state index in [4.69, 9.17) is 11.0 Å². The molecule has 2 rings (SSSR count). The predicted molar refractivity (Wildman–Crippen MR) is 94.7 cm³/mol. The van der Waals surface area contributed by atoms with Gasteiger partial charge in [0, 0.05) is 25.0 Å². The Labute approximate surface area is 141 Å². The number of nitrogens with one attached hydrogen (secondary N) is 2. The van der Waals surface area contributed by atoms with E-state index in [0.29, 0.717) is 18.8 Å². The fraction of sp³-hybridized carbons (Fsp3) is 0.158. The molecule has 0 aliphatic heterocycles. The molecule has 5 heteroatoms. The Bertz CT molecular complexity index is 773. The van der Waals surface area contributed by atoms with Crippen molar-refractivity contribution in [2.24, 2.45) is 5.73 Å². The summed E-state index contributed by atoms with van der Waals surface area (Å²) in [6, 6.07) is 17.1. The third kappa shape index (κ3) is 4.97. The zero-order valence-electron chi connectivity index (χ0n) is 13.5. The van der Waals surface area contributed by atoms with Crippen LogP contribution in [-0.4, -0.2) is 5.91 Å². The molecule has 0 bridgehead atoms. The van der Waals surface area contributed by atoms with Crippen LogP contribution in [0.3, 0.4) is 0 Å². The van der Waals surface area contributed by atoms with Crippen molar-refractivity contribution in [1.82, 2.24) is 5.32 Å². The van der Waals surface area contributed by atoms with Crippen LogP contribution in [0.15, 0.2) is 60.3 Å². The number of aryl methyl sites for hydroxylation is 1. The van der Waals surface area contributed by atoms with Gasteiger partial charge in [-0.3, -0.25) is 4.79 Å². The molecule has 0 aliphatic rings. The molecule has 0 unspecified atom stereocenters. The highest BCUT2D eigenvalue weighted by Gasteiger charge is 2.08. The summed E-state index contributed by atoms with van der Waals surface area (Å²) in [5, 5.41) is 14.9. The summed E-state index contributed by atoms with van der Waals surface area (Å²) in [4.78, 5) is 12.1. The van der Waals surface area contributed by atoms with E-state index in [2.05, 4.69) is 10.6 Å². The number of carbonyl (C=O) groups is 1. The summed E-state index contributed by atoms with van der Waals surface area (Å²) in [6.07, 6.45) is 1.43. The zero-order chi connectivity index (χ0) is 17.4. The maximum atomic E-state index is 12.1. The number of nitrogens with zero attached hydrogens (tertiary/aromatic N) is 1. The number of amides is 1. The topological polar surface area (TPSA) is 90.9 Å². The number of rotatable bonds is 6. The van der Waals surface area contributed by atoms with Gasteiger partial charge in [0.2, 0.25) is 0 Å². The van der Waals surface area contributed by atoms with E-state index < -0.39 is 5.91 Å². The molecule has 0 aromatic heterocycles. The first-order valence-electron chi connectivity index (χ1n) is 7.62. The van der Waals surface area contributed by atoms with E-state index in [1.165, 1.54) is 6.20 Å². The highest BCUT2D eigenvalue weighted by molar-refractivity contribution is 6.06. The number of hydrogen-bond donors (Lipinski definition) is 3. The van der Waals surface area contributed by atoms with Crippen molar-refractivity contribution in [1.29, 1.82) is 5.26 Å². The number of nitrogens with two attached hydrogens (primary N) is 1. The summed E-state index contributed by atoms with van der Waals surface area (Å²) in [6.45, 7) is 2.96. The van der Waals surface area contributed by atoms with E-state index in [1.54, 1.807) is 12.1 Å². The number of carbonyl (C=O) groups excluding carboxylic acids is 1. The Balaban J connectivity index is 1.96. The van der Waals surface area contributed by atoms with Gasteiger partial charge in [0.15, 0.2) is 0 Å². The van der Waals surface area contributed by atoms with Crippen LogP contribution < -0.4 is 16.4 Å². The summed E-state index contributed by atoms with van der Waals surface area (Å²) < 4.78 is 0. The Morgan fingerprint density at radius 1 is 1.21 bits per heavy atom. The summed E-state index contributed by atoms with van der Waals surface area (Å²) in [5.41, 5.74) is 9.46. The van der Waals surface area contributed by atoms with E-state index >= 15 is 0 Å². The highest BCUT2D eigenvalue weighted by atomic mass is 16.1. The molecule has 0 saturated heterocycles. The standard InChI is InChI=1S/C19H20N4O/c1-14-5-7-18(8-6-14)23-19(24)17(11-21)13-22-12-16-4-2-3-15(9-16)10-20/h2-9,13,22H,10,12,20H2,1H3,(H,23,24)/b17-13-. The Kier molecular flexibility index (Phi) is 6.12. The zero-order valence-corrected chi connectivity index (χ0v) is 13.5. The lowest BCUT2D eigenvalue weighted by Crippen LogP contribution is -2.16. The molecule has 0 radical (unpaired) electrons. The lowest BCUT2D eigenvalue weighted by Gasteiger charge is -2.06. The first-order valence-corrected chi connectivity index (χ1v) is 7.62. The van der Waals surface area contributed by atoms with Gasteiger partial charge in [0.1, 0.15) is 11.6 Å². The fourth-order valence-electron chi connectivity index (χ4n) is 2.12. The molecule has 122 valence electrons. The molecular formula is C19H20N4O. The second-order valence-electron chi connectivity index (χ2n) is 5.39. The van der Waals surface area contributed by atoms with Gasteiger partial charge in [-0.25, -0.2) is 0 Å². The quantitative estimate of drug-likeness (QED) is 0.563. The average Bonchev–Trinajstić information content (AvgIpc) is 2.61. The lowest BCUT2D eigenvalue weighted by molar-refractivity contribution is -0.112. The molecule has 2 aromatic rings. The summed E-state index contributed by atoms with van der Waals surface area (Å²) in [7, 11) is 0. The van der Waals surface area contributed by atoms with Gasteiger partial charge >= 0.3 is 0 Å². The SMILES string of the molecule is Cc1ccc(NC(=O)/C(C#N)=C\NCc2cccc(CN)c2)cc1. The van der Waals surface area contributed by atoms with Crippen LogP contribution in [0.1, 0.15) is 16.7 Å². The van der Waals surface area contributed by atoms with Crippen molar-refractivity contribution >= 4 is 11.6 Å². The van der Waals surface area contributed by atoms with Crippen molar-refractivity contribution in [3.05, 3.63) is 77.0 Å². The Hall–Kier alpha value is -3.10. The number of benzene rings is 2. The molecule has 5 nitrogen and oxygen atoms in total. The third-order valence-corrected chi connectivity index (χ3v) is 3.45. The molecule has 0 atom stereocenters. The van der Waals surface area contributed by atoms with Crippen molar-refractivity contribution < 1.29 is 4.79 Å². The van der Waals surface area contributed by atoms with Gasteiger partial charge in [-0.15, -0.1) is 0 Å². The summed E-state index contributed by atoms with van der Waals surface area (Å²) in [5.74, 6) is -0.440. The van der Waals surface area contributed by atoms with Crippen molar-refractivity contribution in [2.45, 2.75) is 20.0 Å². The Morgan fingerprint density at radius 3 is 2.58 bits per heavy atom. The van der Waals surface area contributed by atoms with E-state index in [9.17, 15) is 4.79 Å². The van der Waals surface area contributed by atoms with Gasteiger partial charge in [0.05, 0.1) is 0 Å². The van der Waals surface area contributed by atoms with Gasteiger partial charge in [0.25, 0.3) is 5.91 Å². The summed E-state index contributed by atoms with van der Waals surface area (Å²) >= 11 is 0. The maximum absolute atomic E-state index is 12.1. The number of nitriles is 1. The minimum Gasteiger partial charge on any atom is -0.386 e. The van der Waals surface area contributed by atoms with Gasteiger partial charge in [-0.05, 0) is 30.2 Å². The molecule has 0 saturated carbocycles. The molecule has 0 spiro atoms. The molecule has 0 heterocycles. The van der Waals surface area contributed by atoms with Crippen LogP contribution in [0.5, 0.6) is 0 Å². The van der Waals surface area contributed by atoms with Crippen molar-refractivity contribution in [2.75, 3.05) is 5.32 Å². The van der Waals surface area contributed by atoms with Crippen LogP contribution in [0.2, 0.25) is 0 Å². The number of hydrogen-bond acceptors (Lipinski definition) is 4. The van der Waals surface area contributed by atoms with Crippen LogP contribution in [0, 0.1) is 18.3 Å². The van der Waals surface area contributed by atoms with Crippen LogP contribution in [0.25, 0.3) is 0 Å². The highest BCUT2D eigenvalue weighted by Crippen LogP contribution is 2.10. The fourth-order valence-corrected chi connectivity index (χ4v) is 2.12. The molecule has 0 fully saturated rings. The monoisotopic (exact) mass is 320 g/mol. The first kappa shape index (κ1) is 17.3. The minimum atomic E-state index is -0.440. The predicted octanol–water partition coefficient (Wildman–Crippen LogP) is 2.59. The molecule has 24 heavy (non-hydrogen) atoms. The van der Waals surface area contributed by atoms with E-state index in [0.717, 1.165) is 16.7 Å². The van der Waals surface area contributed by atoms with Gasteiger partial charge in [-0.2, -0.15) is 5.26 Å². The first-order chi connectivity index (χ1) is 11.6. The third-order valence-electron chi connectivity index (χ3n) is 3.45.